The van der Waals surface area contributed by atoms with Crippen molar-refractivity contribution in [3.63, 3.8) is 0 Å². The molecule has 3 aromatic rings. The summed E-state index contributed by atoms with van der Waals surface area (Å²) in [6, 6.07) is 12.6. The highest BCUT2D eigenvalue weighted by molar-refractivity contribution is 6.66. The van der Waals surface area contributed by atoms with Crippen LogP contribution in [-0.2, 0) is 4.79 Å². The van der Waals surface area contributed by atoms with E-state index in [0.29, 0.717) is 44.3 Å². The molecule has 1 aromatic heterocycles. The Kier molecular flexibility index (Phi) is 7.19. The third-order valence-corrected chi connectivity index (χ3v) is 5.61. The Morgan fingerprint density at radius 2 is 1.77 bits per heavy atom. The molecule has 3 rings (SSSR count). The molecule has 154 valence electrons. The molecule has 7 heteroatoms. The van der Waals surface area contributed by atoms with Gasteiger partial charge in [0.05, 0.1) is 18.1 Å². The van der Waals surface area contributed by atoms with Gasteiger partial charge in [0.15, 0.2) is 0 Å². The lowest BCUT2D eigenvalue weighted by atomic mass is 10.1. The Labute approximate surface area is 176 Å². The third kappa shape index (κ3) is 5.24. The fraction of sp³-hybridized carbons (Fsp3) is 0.261. The number of ether oxygens (including phenoxy) is 2. The van der Waals surface area contributed by atoms with Gasteiger partial charge in [0, 0.05) is 17.0 Å². The molecule has 0 spiro atoms. The highest BCUT2D eigenvalue weighted by Gasteiger charge is 2.12. The fourth-order valence-corrected chi connectivity index (χ4v) is 3.50. The maximum Gasteiger partial charge on any atom is 0.343 e. The Morgan fingerprint density at radius 3 is 2.50 bits per heavy atom. The molecule has 30 heavy (non-hydrogen) atoms. The minimum atomic E-state index is -0.512. The van der Waals surface area contributed by atoms with Gasteiger partial charge in [0.1, 0.15) is 26.6 Å². The van der Waals surface area contributed by atoms with E-state index >= 15 is 0 Å². The van der Waals surface area contributed by atoms with Crippen molar-refractivity contribution in [2.24, 2.45) is 0 Å². The number of hydrogen-bond donors (Lipinski definition) is 0. The number of rotatable bonds is 9. The zero-order valence-electron chi connectivity index (χ0n) is 16.9. The minimum Gasteiger partial charge on any atom is -0.494 e. The van der Waals surface area contributed by atoms with Crippen molar-refractivity contribution < 1.29 is 23.5 Å². The molecule has 2 aromatic carbocycles. The smallest absolute Gasteiger partial charge is 0.343 e. The van der Waals surface area contributed by atoms with Gasteiger partial charge in [-0.2, -0.15) is 0 Å². The van der Waals surface area contributed by atoms with Gasteiger partial charge >= 0.3 is 11.6 Å². The van der Waals surface area contributed by atoms with Crippen LogP contribution in [0.2, 0.25) is 6.04 Å². The molecule has 0 saturated heterocycles. The number of carbonyl (C=O) groups excluding carboxylic acids is 2. The first-order valence-corrected chi connectivity index (χ1v) is 10.9. The Morgan fingerprint density at radius 1 is 1.03 bits per heavy atom. The molecule has 2 radical (unpaired) electrons. The molecule has 0 unspecified atom stereocenters. The Balaban J connectivity index is 1.61. The van der Waals surface area contributed by atoms with E-state index < -0.39 is 11.6 Å². The average molecular weight is 423 g/mol. The van der Waals surface area contributed by atoms with Crippen molar-refractivity contribution >= 4 is 32.4 Å². The highest BCUT2D eigenvalue weighted by atomic mass is 28.2. The molecular formula is C23H22O6Si. The van der Waals surface area contributed by atoms with E-state index in [4.69, 9.17) is 13.9 Å². The van der Waals surface area contributed by atoms with Gasteiger partial charge in [0.2, 0.25) is 0 Å². The largest absolute Gasteiger partial charge is 0.494 e. The van der Waals surface area contributed by atoms with E-state index in [1.807, 2.05) is 6.92 Å². The maximum atomic E-state index is 12.4. The number of unbranched alkanes of at least 4 members (excludes halogenated alkanes) is 1. The molecule has 1 heterocycles. The lowest BCUT2D eigenvalue weighted by Crippen LogP contribution is -2.09. The van der Waals surface area contributed by atoms with Gasteiger partial charge in [-0.3, -0.25) is 0 Å². The number of benzene rings is 2. The number of aryl methyl sites for hydroxylation is 1. The van der Waals surface area contributed by atoms with Crippen LogP contribution in [0.25, 0.3) is 11.0 Å². The SMILES string of the molecule is Cc1c(C)c2ccc(OC(=O)c3ccc(OCCCC[Si]C=O)cc3)cc2oc1=O. The monoisotopic (exact) mass is 422 g/mol. The van der Waals surface area contributed by atoms with E-state index in [1.165, 1.54) is 0 Å². The molecule has 0 aliphatic carbocycles. The van der Waals surface area contributed by atoms with Gasteiger partial charge in [0.25, 0.3) is 0 Å². The third-order valence-electron chi connectivity index (χ3n) is 4.80. The zero-order chi connectivity index (χ0) is 21.5. The first-order valence-electron chi connectivity index (χ1n) is 9.65. The van der Waals surface area contributed by atoms with Gasteiger partial charge < -0.3 is 18.7 Å². The normalized spacial score (nSPS) is 10.7. The molecule has 0 amide bonds. The second-order valence-electron chi connectivity index (χ2n) is 6.84. The first-order chi connectivity index (χ1) is 14.5. The summed E-state index contributed by atoms with van der Waals surface area (Å²) < 4.78 is 16.4. The highest BCUT2D eigenvalue weighted by Crippen LogP contribution is 2.24. The summed E-state index contributed by atoms with van der Waals surface area (Å²) in [6.07, 6.45) is 1.83. The number of carbonyl (C=O) groups is 2. The van der Waals surface area contributed by atoms with Gasteiger partial charge in [-0.05, 0) is 62.2 Å². The van der Waals surface area contributed by atoms with Crippen LogP contribution >= 0.6 is 0 Å². The van der Waals surface area contributed by atoms with Crippen LogP contribution in [0.4, 0.5) is 0 Å². The van der Waals surface area contributed by atoms with Crippen molar-refractivity contribution in [3.8, 4) is 11.5 Å². The summed E-state index contributed by atoms with van der Waals surface area (Å²) in [5.74, 6) is 1.41. The minimum absolute atomic E-state index is 0.301. The van der Waals surface area contributed by atoms with E-state index in [1.54, 1.807) is 49.4 Å². The Bertz CT molecular complexity index is 1100. The molecule has 0 bridgehead atoms. The van der Waals surface area contributed by atoms with Crippen molar-refractivity contribution in [1.82, 2.24) is 0 Å². The number of hydrogen-bond acceptors (Lipinski definition) is 6. The predicted molar refractivity (Wildman–Crippen MR) is 115 cm³/mol. The van der Waals surface area contributed by atoms with Crippen LogP contribution in [-0.4, -0.2) is 28.0 Å². The maximum absolute atomic E-state index is 12.4. The molecule has 0 aliphatic rings. The van der Waals surface area contributed by atoms with Crippen LogP contribution in [0.3, 0.4) is 0 Å². The Hall–Kier alpha value is -3.19. The van der Waals surface area contributed by atoms with E-state index in [2.05, 4.69) is 0 Å². The fourth-order valence-electron chi connectivity index (χ4n) is 2.92. The lowest BCUT2D eigenvalue weighted by molar-refractivity contribution is 0.0735. The van der Waals surface area contributed by atoms with Crippen LogP contribution in [0.5, 0.6) is 11.5 Å². The molecule has 0 saturated carbocycles. The first kappa shape index (κ1) is 21.5. The van der Waals surface area contributed by atoms with Crippen LogP contribution in [0.15, 0.2) is 51.7 Å². The second-order valence-corrected chi connectivity index (χ2v) is 7.98. The lowest BCUT2D eigenvalue weighted by Gasteiger charge is -2.09. The molecular weight excluding hydrogens is 400 g/mol. The zero-order valence-corrected chi connectivity index (χ0v) is 17.9. The van der Waals surface area contributed by atoms with Crippen molar-refractivity contribution in [2.45, 2.75) is 32.7 Å². The van der Waals surface area contributed by atoms with Crippen molar-refractivity contribution in [1.29, 1.82) is 0 Å². The summed E-state index contributed by atoms with van der Waals surface area (Å²) >= 11 is 0. The van der Waals surface area contributed by atoms with Crippen molar-refractivity contribution in [2.75, 3.05) is 6.61 Å². The van der Waals surface area contributed by atoms with Crippen LogP contribution in [0.1, 0.15) is 34.3 Å². The summed E-state index contributed by atoms with van der Waals surface area (Å²) in [4.78, 5) is 34.6. The van der Waals surface area contributed by atoms with Gasteiger partial charge in [-0.1, -0.05) is 12.5 Å². The molecule has 6 nitrogen and oxygen atoms in total. The van der Waals surface area contributed by atoms with Gasteiger partial charge in [-0.15, -0.1) is 0 Å². The average Bonchev–Trinajstić information content (AvgIpc) is 2.75. The molecule has 0 atom stereocenters. The number of esters is 1. The van der Waals surface area contributed by atoms with Crippen molar-refractivity contribution in [3.05, 3.63) is 69.6 Å². The molecule has 0 aliphatic heterocycles. The van der Waals surface area contributed by atoms with E-state index in [9.17, 15) is 14.4 Å². The summed E-state index contributed by atoms with van der Waals surface area (Å²) in [5, 5.41) is 0.806. The van der Waals surface area contributed by atoms with Crippen LogP contribution in [0, 0.1) is 13.8 Å². The van der Waals surface area contributed by atoms with Gasteiger partial charge in [-0.25, -0.2) is 9.59 Å². The summed E-state index contributed by atoms with van der Waals surface area (Å²) in [7, 11) is 0.359. The predicted octanol–water partition coefficient (Wildman–Crippen LogP) is 4.10. The number of fused-ring (bicyclic) bond motifs is 1. The summed E-state index contributed by atoms with van der Waals surface area (Å²) in [6.45, 7) is 4.14. The quantitative estimate of drug-likeness (QED) is 0.129. The van der Waals surface area contributed by atoms with E-state index in [0.717, 1.165) is 35.7 Å². The topological polar surface area (TPSA) is 82.8 Å². The summed E-state index contributed by atoms with van der Waals surface area (Å²) in [5.41, 5.74) is 1.78. The molecule has 0 fully saturated rings. The molecule has 0 N–H and O–H groups in total. The second kappa shape index (κ2) is 10.0. The standard InChI is InChI=1S/C23H22O6Si/c1-15-16(2)22(25)29-21-13-19(9-10-20(15)21)28-23(26)17-5-7-18(8-6-17)27-11-3-4-12-30-14-24/h5-10,13-14H,3-4,11-12H2,1-2H3. The van der Waals surface area contributed by atoms with E-state index in [-0.39, 0.29) is 0 Å². The van der Waals surface area contributed by atoms with Crippen LogP contribution < -0.4 is 15.1 Å².